The van der Waals surface area contributed by atoms with E-state index >= 15 is 0 Å². The number of thiazole rings is 1. The van der Waals surface area contributed by atoms with Crippen molar-refractivity contribution in [2.75, 3.05) is 13.7 Å². The molecule has 1 heterocycles. The number of methoxy groups -OCH3 is 1. The fourth-order valence-electron chi connectivity index (χ4n) is 3.33. The third-order valence-electron chi connectivity index (χ3n) is 5.13. The number of ketones is 1. The zero-order valence-corrected chi connectivity index (χ0v) is 20.5. The van der Waals surface area contributed by atoms with Crippen molar-refractivity contribution in [3.63, 3.8) is 0 Å². The van der Waals surface area contributed by atoms with Gasteiger partial charge in [0.25, 0.3) is 5.56 Å². The molecule has 3 aromatic rings. The maximum absolute atomic E-state index is 13.2. The lowest BCUT2D eigenvalue weighted by Gasteiger charge is -2.14. The number of nitrogens with one attached hydrogen (secondary N) is 1. The Kier molecular flexibility index (Phi) is 7.66. The monoisotopic (exact) mass is 466 g/mol. The Balaban J connectivity index is 2.08. The third-order valence-corrected chi connectivity index (χ3v) is 6.19. The molecule has 174 valence electrons. The van der Waals surface area contributed by atoms with Crippen molar-refractivity contribution in [1.82, 2.24) is 9.88 Å². The van der Waals surface area contributed by atoms with E-state index < -0.39 is 5.41 Å². The minimum absolute atomic E-state index is 0.108. The van der Waals surface area contributed by atoms with Crippen LogP contribution in [0.1, 0.15) is 33.3 Å². The standard InChI is InChI=1S/C26H30N2O4S/c1-17(16-32-5)27-23(30)15-28-24(14-22(29)26(2,3)4)33-21(25(28)31)13-18-10-11-19-8-6-7-9-20(19)12-18/h6-14,17H,15-16H2,1-5H3,(H,27,30)/b21-13+,24-14-. The van der Waals surface area contributed by atoms with Crippen molar-refractivity contribution >= 4 is 46.0 Å². The van der Waals surface area contributed by atoms with Crippen LogP contribution >= 0.6 is 11.3 Å². The summed E-state index contributed by atoms with van der Waals surface area (Å²) in [5.41, 5.74) is -0.00998. The first-order valence-corrected chi connectivity index (χ1v) is 11.6. The highest BCUT2D eigenvalue weighted by atomic mass is 32.1. The second-order valence-corrected chi connectivity index (χ2v) is 10.2. The summed E-state index contributed by atoms with van der Waals surface area (Å²) in [7, 11) is 1.56. The minimum Gasteiger partial charge on any atom is -0.383 e. The first-order valence-electron chi connectivity index (χ1n) is 10.8. The normalized spacial score (nSPS) is 14.0. The van der Waals surface area contributed by atoms with Crippen molar-refractivity contribution in [3.8, 4) is 0 Å². The second-order valence-electron chi connectivity index (χ2n) is 9.13. The Morgan fingerprint density at radius 1 is 1.15 bits per heavy atom. The van der Waals surface area contributed by atoms with Gasteiger partial charge in [-0.15, -0.1) is 11.3 Å². The molecule has 0 saturated heterocycles. The maximum Gasteiger partial charge on any atom is 0.269 e. The van der Waals surface area contributed by atoms with E-state index in [-0.39, 0.29) is 29.8 Å². The van der Waals surface area contributed by atoms with Gasteiger partial charge in [-0.25, -0.2) is 0 Å². The van der Waals surface area contributed by atoms with Gasteiger partial charge in [-0.05, 0) is 35.4 Å². The Labute approximate surface area is 197 Å². The van der Waals surface area contributed by atoms with E-state index in [2.05, 4.69) is 5.32 Å². The minimum atomic E-state index is -0.595. The Morgan fingerprint density at radius 2 is 1.85 bits per heavy atom. The highest BCUT2D eigenvalue weighted by Crippen LogP contribution is 2.16. The molecule has 33 heavy (non-hydrogen) atoms. The number of amides is 1. The number of benzene rings is 2. The highest BCUT2D eigenvalue weighted by molar-refractivity contribution is 7.07. The summed E-state index contributed by atoms with van der Waals surface area (Å²) in [6.45, 7) is 7.49. The average molecular weight is 467 g/mol. The van der Waals surface area contributed by atoms with E-state index in [1.807, 2.05) is 70.2 Å². The van der Waals surface area contributed by atoms with Crippen LogP contribution in [-0.2, 0) is 20.9 Å². The van der Waals surface area contributed by atoms with Crippen molar-refractivity contribution in [3.05, 3.63) is 67.6 Å². The molecule has 2 aromatic carbocycles. The molecule has 1 amide bonds. The number of aromatic nitrogens is 1. The van der Waals surface area contributed by atoms with Crippen LogP contribution in [0.15, 0.2) is 47.3 Å². The molecule has 1 aromatic heterocycles. The van der Waals surface area contributed by atoms with Crippen LogP contribution < -0.4 is 20.1 Å². The predicted molar refractivity (Wildman–Crippen MR) is 134 cm³/mol. The molecule has 3 rings (SSSR count). The largest absolute Gasteiger partial charge is 0.383 e. The SMILES string of the molecule is COCC(C)NC(=O)Cn1c(=O)/c(=C\c2ccc3ccccc3c2)s/c1=C\C(=O)C(C)(C)C. The number of hydrogen-bond donors (Lipinski definition) is 1. The zero-order chi connectivity index (χ0) is 24.2. The zero-order valence-electron chi connectivity index (χ0n) is 19.7. The summed E-state index contributed by atoms with van der Waals surface area (Å²) in [5, 5.41) is 5.01. The van der Waals surface area contributed by atoms with Gasteiger partial charge in [0, 0.05) is 24.6 Å². The van der Waals surface area contributed by atoms with Gasteiger partial charge in [-0.2, -0.15) is 0 Å². The van der Waals surface area contributed by atoms with E-state index in [1.54, 1.807) is 13.2 Å². The fraction of sp³-hybridized carbons (Fsp3) is 0.346. The average Bonchev–Trinajstić information content (AvgIpc) is 3.01. The third kappa shape index (κ3) is 6.27. The number of carbonyl (C=O) groups excluding carboxylic acids is 2. The van der Waals surface area contributed by atoms with Gasteiger partial charge in [0.05, 0.1) is 11.1 Å². The smallest absolute Gasteiger partial charge is 0.269 e. The Morgan fingerprint density at radius 3 is 2.52 bits per heavy atom. The summed E-state index contributed by atoms with van der Waals surface area (Å²) in [4.78, 5) is 38.5. The molecular formula is C26H30N2O4S. The summed E-state index contributed by atoms with van der Waals surface area (Å²) in [6.07, 6.45) is 3.27. The van der Waals surface area contributed by atoms with Crippen molar-refractivity contribution in [2.24, 2.45) is 5.41 Å². The molecule has 0 aliphatic heterocycles. The van der Waals surface area contributed by atoms with Crippen LogP contribution in [0.2, 0.25) is 0 Å². The first kappa shape index (κ1) is 24.6. The van der Waals surface area contributed by atoms with Crippen LogP contribution in [0.5, 0.6) is 0 Å². The van der Waals surface area contributed by atoms with Gasteiger partial charge >= 0.3 is 0 Å². The van der Waals surface area contributed by atoms with Gasteiger partial charge in [0.15, 0.2) is 5.78 Å². The van der Waals surface area contributed by atoms with Gasteiger partial charge in [0.1, 0.15) is 11.2 Å². The molecule has 6 nitrogen and oxygen atoms in total. The van der Waals surface area contributed by atoms with E-state index in [0.29, 0.717) is 15.8 Å². The molecule has 7 heteroatoms. The molecule has 0 fully saturated rings. The van der Waals surface area contributed by atoms with Crippen LogP contribution in [0, 0.1) is 5.41 Å². The molecule has 0 radical (unpaired) electrons. The van der Waals surface area contributed by atoms with Crippen LogP contribution in [0.25, 0.3) is 22.9 Å². The molecule has 1 unspecified atom stereocenters. The number of ether oxygens (including phenoxy) is 1. The van der Waals surface area contributed by atoms with Gasteiger partial charge < -0.3 is 10.1 Å². The van der Waals surface area contributed by atoms with Crippen molar-refractivity contribution in [2.45, 2.75) is 40.3 Å². The maximum atomic E-state index is 13.2. The van der Waals surface area contributed by atoms with Crippen LogP contribution in [0.4, 0.5) is 0 Å². The molecule has 0 bridgehead atoms. The van der Waals surface area contributed by atoms with Crippen molar-refractivity contribution in [1.29, 1.82) is 0 Å². The van der Waals surface area contributed by atoms with E-state index in [1.165, 1.54) is 22.0 Å². The second kappa shape index (κ2) is 10.3. The molecule has 0 saturated carbocycles. The number of Topliss-reactive ketones (excluding diaryl/α,β-unsaturated/α-hetero) is 1. The number of rotatable bonds is 7. The number of carbonyl (C=O) groups is 2. The molecule has 1 atom stereocenters. The summed E-state index contributed by atoms with van der Waals surface area (Å²) in [5.74, 6) is -0.419. The predicted octanol–water partition coefficient (Wildman–Crippen LogP) is 2.44. The van der Waals surface area contributed by atoms with Gasteiger partial charge in [0.2, 0.25) is 5.91 Å². The number of nitrogens with zero attached hydrogens (tertiary/aromatic N) is 1. The molecule has 0 aliphatic rings. The first-order chi connectivity index (χ1) is 15.6. The summed E-state index contributed by atoms with van der Waals surface area (Å²) >= 11 is 1.22. The lowest BCUT2D eigenvalue weighted by molar-refractivity contribution is -0.123. The lowest BCUT2D eigenvalue weighted by atomic mass is 9.91. The molecule has 0 spiro atoms. The summed E-state index contributed by atoms with van der Waals surface area (Å²) < 4.78 is 7.36. The van der Waals surface area contributed by atoms with Crippen LogP contribution in [0.3, 0.4) is 0 Å². The summed E-state index contributed by atoms with van der Waals surface area (Å²) in [6, 6.07) is 13.8. The fourth-order valence-corrected chi connectivity index (χ4v) is 4.37. The topological polar surface area (TPSA) is 77.4 Å². The highest BCUT2D eigenvalue weighted by Gasteiger charge is 2.20. The van der Waals surface area contributed by atoms with Gasteiger partial charge in [-0.3, -0.25) is 19.0 Å². The Bertz CT molecular complexity index is 1350. The number of hydrogen-bond acceptors (Lipinski definition) is 5. The molecule has 1 N–H and O–H groups in total. The quantitative estimate of drug-likeness (QED) is 0.580. The van der Waals surface area contributed by atoms with E-state index in [9.17, 15) is 14.4 Å². The van der Waals surface area contributed by atoms with E-state index in [0.717, 1.165) is 16.3 Å². The molecule has 0 aliphatic carbocycles. The van der Waals surface area contributed by atoms with Gasteiger partial charge in [-0.1, -0.05) is 57.2 Å². The Hall–Kier alpha value is -3.03. The lowest BCUT2D eigenvalue weighted by Crippen LogP contribution is -2.42. The van der Waals surface area contributed by atoms with Crippen molar-refractivity contribution < 1.29 is 14.3 Å². The van der Waals surface area contributed by atoms with Crippen LogP contribution in [-0.4, -0.2) is 36.0 Å². The molecular weight excluding hydrogens is 436 g/mol. The number of fused-ring (bicyclic) bond motifs is 1. The van der Waals surface area contributed by atoms with E-state index in [4.69, 9.17) is 4.74 Å².